The van der Waals surface area contributed by atoms with Crippen LogP contribution in [-0.4, -0.2) is 50.9 Å². The fourth-order valence-electron chi connectivity index (χ4n) is 2.53. The summed E-state index contributed by atoms with van der Waals surface area (Å²) in [6, 6.07) is 3.34. The van der Waals surface area contributed by atoms with E-state index in [0.717, 1.165) is 0 Å². The topological polar surface area (TPSA) is 90.8 Å². The number of carbonyl (C=O) groups excluding carboxylic acids is 2. The van der Waals surface area contributed by atoms with Gasteiger partial charge in [0.25, 0.3) is 0 Å². The maximum atomic E-state index is 11.7. The molecule has 2 aliphatic rings. The quantitative estimate of drug-likeness (QED) is 0.634. The molecule has 3 heterocycles. The molecule has 1 atom stereocenters. The fourth-order valence-corrected chi connectivity index (χ4v) is 3.78. The molecular formula is C14H13N3O4S. The molecular weight excluding hydrogens is 306 g/mol. The monoisotopic (exact) mass is 319 g/mol. The van der Waals surface area contributed by atoms with Crippen molar-refractivity contribution in [2.24, 2.45) is 0 Å². The first-order valence-electron chi connectivity index (χ1n) is 6.62. The number of aromatic nitrogens is 1. The number of carbonyl (C=O) groups is 3. The first-order valence-corrected chi connectivity index (χ1v) is 7.67. The Balaban J connectivity index is 1.91. The van der Waals surface area contributed by atoms with Gasteiger partial charge in [0.15, 0.2) is 0 Å². The van der Waals surface area contributed by atoms with E-state index in [-0.39, 0.29) is 23.5 Å². The number of β-lactam (4-membered cyclic amide) rings is 1. The van der Waals surface area contributed by atoms with Crippen molar-refractivity contribution in [3.05, 3.63) is 35.8 Å². The minimum absolute atomic E-state index is 0.0147. The van der Waals surface area contributed by atoms with E-state index in [1.807, 2.05) is 0 Å². The van der Waals surface area contributed by atoms with Gasteiger partial charge in [-0.1, -0.05) is 0 Å². The number of nitrogens with zero attached hydrogens (tertiary/aromatic N) is 3. The average Bonchev–Trinajstić information content (AvgIpc) is 2.52. The van der Waals surface area contributed by atoms with Gasteiger partial charge in [0.05, 0.1) is 11.8 Å². The van der Waals surface area contributed by atoms with Crippen LogP contribution >= 0.6 is 11.8 Å². The number of hydrogen-bond donors (Lipinski definition) is 1. The summed E-state index contributed by atoms with van der Waals surface area (Å²) < 4.78 is 0. The van der Waals surface area contributed by atoms with E-state index in [0.29, 0.717) is 29.8 Å². The highest BCUT2D eigenvalue weighted by Gasteiger charge is 2.45. The molecule has 2 amide bonds. The minimum Gasteiger partial charge on any atom is -0.477 e. The van der Waals surface area contributed by atoms with Gasteiger partial charge in [-0.05, 0) is 17.7 Å². The van der Waals surface area contributed by atoms with Gasteiger partial charge < -0.3 is 10.0 Å². The van der Waals surface area contributed by atoms with Gasteiger partial charge in [-0.3, -0.25) is 19.5 Å². The molecule has 0 saturated carbocycles. The second-order valence-corrected chi connectivity index (χ2v) is 6.10. The molecule has 0 unspecified atom stereocenters. The molecule has 0 aliphatic carbocycles. The number of carboxylic acids is 1. The Morgan fingerprint density at radius 3 is 2.82 bits per heavy atom. The van der Waals surface area contributed by atoms with E-state index in [1.165, 1.54) is 21.6 Å². The molecule has 22 heavy (non-hydrogen) atoms. The van der Waals surface area contributed by atoms with Crippen molar-refractivity contribution < 1.29 is 19.5 Å². The molecule has 114 valence electrons. The van der Waals surface area contributed by atoms with Crippen LogP contribution in [0.15, 0.2) is 35.8 Å². The Morgan fingerprint density at radius 1 is 1.50 bits per heavy atom. The zero-order valence-corrected chi connectivity index (χ0v) is 12.3. The van der Waals surface area contributed by atoms with Crippen LogP contribution in [0.2, 0.25) is 0 Å². The first-order chi connectivity index (χ1) is 10.6. The minimum atomic E-state index is -1.13. The zero-order valence-electron chi connectivity index (χ0n) is 11.5. The number of amides is 2. The lowest BCUT2D eigenvalue weighted by molar-refractivity contribution is -0.146. The lowest BCUT2D eigenvalue weighted by Crippen LogP contribution is -2.54. The predicted molar refractivity (Wildman–Crippen MR) is 80.0 cm³/mol. The zero-order chi connectivity index (χ0) is 15.7. The maximum Gasteiger partial charge on any atom is 0.352 e. The van der Waals surface area contributed by atoms with Gasteiger partial charge >= 0.3 is 5.97 Å². The number of carboxylic acid groups (broad SMARTS) is 1. The predicted octanol–water partition coefficient (Wildman–Crippen LogP) is 0.688. The van der Waals surface area contributed by atoms with Gasteiger partial charge in [-0.2, -0.15) is 0 Å². The number of aliphatic carboxylic acids is 1. The highest BCUT2D eigenvalue weighted by atomic mass is 32.2. The van der Waals surface area contributed by atoms with Gasteiger partial charge in [0.1, 0.15) is 5.70 Å². The van der Waals surface area contributed by atoms with E-state index in [2.05, 4.69) is 4.98 Å². The Hall–Kier alpha value is -2.35. The third kappa shape index (κ3) is 2.45. The molecule has 1 fully saturated rings. The second kappa shape index (κ2) is 5.80. The van der Waals surface area contributed by atoms with Crippen molar-refractivity contribution in [3.63, 3.8) is 0 Å². The third-order valence-electron chi connectivity index (χ3n) is 3.62. The van der Waals surface area contributed by atoms with Crippen LogP contribution in [0, 0.1) is 0 Å². The van der Waals surface area contributed by atoms with Crippen LogP contribution in [0.4, 0.5) is 5.69 Å². The molecule has 1 N–H and O–H groups in total. The van der Waals surface area contributed by atoms with Crippen LogP contribution in [-0.2, 0) is 14.4 Å². The lowest BCUT2D eigenvalue weighted by Gasteiger charge is -2.44. The van der Waals surface area contributed by atoms with Crippen LogP contribution in [0.3, 0.4) is 0 Å². The lowest BCUT2D eigenvalue weighted by atomic mass is 10.1. The summed E-state index contributed by atoms with van der Waals surface area (Å²) in [7, 11) is 0. The van der Waals surface area contributed by atoms with Crippen LogP contribution in [0.1, 0.15) is 6.42 Å². The number of thioether (sulfide) groups is 1. The van der Waals surface area contributed by atoms with Gasteiger partial charge in [0.2, 0.25) is 12.3 Å². The smallest absolute Gasteiger partial charge is 0.352 e. The summed E-state index contributed by atoms with van der Waals surface area (Å²) in [6.07, 6.45) is 4.14. The first kappa shape index (κ1) is 14.6. The van der Waals surface area contributed by atoms with Crippen LogP contribution < -0.4 is 4.90 Å². The molecule has 0 bridgehead atoms. The Kier molecular flexibility index (Phi) is 3.84. The summed E-state index contributed by atoms with van der Waals surface area (Å²) in [6.45, 7) is 0.138. The average molecular weight is 319 g/mol. The summed E-state index contributed by atoms with van der Waals surface area (Å²) in [4.78, 5) is 41.1. The Bertz CT molecular complexity index is 661. The normalized spacial score (nSPS) is 20.3. The van der Waals surface area contributed by atoms with Crippen LogP contribution in [0.5, 0.6) is 0 Å². The molecule has 3 rings (SSSR count). The Morgan fingerprint density at radius 2 is 2.23 bits per heavy atom. The van der Waals surface area contributed by atoms with E-state index in [9.17, 15) is 19.5 Å². The molecule has 8 heteroatoms. The third-order valence-corrected chi connectivity index (χ3v) is 4.89. The molecule has 0 aromatic carbocycles. The van der Waals surface area contributed by atoms with Crippen molar-refractivity contribution >= 4 is 35.7 Å². The van der Waals surface area contributed by atoms with Gasteiger partial charge in [-0.15, -0.1) is 11.8 Å². The van der Waals surface area contributed by atoms with E-state index >= 15 is 0 Å². The molecule has 7 nitrogen and oxygen atoms in total. The number of pyridine rings is 1. The molecule has 1 aromatic rings. The van der Waals surface area contributed by atoms with Crippen molar-refractivity contribution in [3.8, 4) is 0 Å². The summed E-state index contributed by atoms with van der Waals surface area (Å²) in [5.74, 6) is -0.825. The van der Waals surface area contributed by atoms with Gasteiger partial charge in [-0.25, -0.2) is 4.79 Å². The van der Waals surface area contributed by atoms with E-state index < -0.39 is 5.97 Å². The molecule has 1 aromatic heterocycles. The van der Waals surface area contributed by atoms with Crippen LogP contribution in [0.25, 0.3) is 0 Å². The van der Waals surface area contributed by atoms with Crippen molar-refractivity contribution in [2.75, 3.05) is 17.2 Å². The Labute approximate surface area is 130 Å². The van der Waals surface area contributed by atoms with Crippen molar-refractivity contribution in [1.82, 2.24) is 9.88 Å². The molecule has 2 aliphatic heterocycles. The number of rotatable bonds is 5. The SMILES string of the molecule is O=CN(CC1=C(C(=O)O)N2C(=O)C[C@@H]2SC1)c1ccncc1. The fraction of sp³-hybridized carbons (Fsp3) is 0.286. The van der Waals surface area contributed by atoms with Gasteiger partial charge in [0, 0.05) is 30.4 Å². The summed E-state index contributed by atoms with van der Waals surface area (Å²) in [5.41, 5.74) is 1.20. The molecule has 1 saturated heterocycles. The van der Waals surface area contributed by atoms with E-state index in [1.54, 1.807) is 24.5 Å². The summed E-state index contributed by atoms with van der Waals surface area (Å²) >= 11 is 1.52. The van der Waals surface area contributed by atoms with Crippen molar-refractivity contribution in [1.29, 1.82) is 0 Å². The number of anilines is 1. The highest BCUT2D eigenvalue weighted by molar-refractivity contribution is 8.00. The number of fused-ring (bicyclic) bond motifs is 1. The molecule has 0 radical (unpaired) electrons. The maximum absolute atomic E-state index is 11.7. The number of hydrogen-bond acceptors (Lipinski definition) is 5. The van der Waals surface area contributed by atoms with Crippen molar-refractivity contribution in [2.45, 2.75) is 11.8 Å². The highest BCUT2D eigenvalue weighted by Crippen LogP contribution is 2.40. The standard InChI is InChI=1S/C14H13N3O4S/c18-8-16(10-1-3-15-4-2-10)6-9-7-22-12-5-11(19)17(12)13(9)14(20)21/h1-4,8,12H,5-7H2,(H,20,21)/t12-/m0/s1. The van der Waals surface area contributed by atoms with E-state index in [4.69, 9.17) is 0 Å². The second-order valence-electron chi connectivity index (χ2n) is 4.93. The largest absolute Gasteiger partial charge is 0.477 e. The molecule has 0 spiro atoms. The summed E-state index contributed by atoms with van der Waals surface area (Å²) in [5, 5.41) is 9.34.